The average molecular weight is 227 g/mol. The Labute approximate surface area is 101 Å². The summed E-state index contributed by atoms with van der Waals surface area (Å²) in [7, 11) is 0. The molecule has 0 heterocycles. The number of rotatable bonds is 12. The van der Waals surface area contributed by atoms with Gasteiger partial charge in [0.15, 0.2) is 0 Å². The van der Waals surface area contributed by atoms with Gasteiger partial charge in [-0.25, -0.2) is 0 Å². The Balaban J connectivity index is 1.61. The minimum absolute atomic E-state index is 0.846. The highest BCUT2D eigenvalue weighted by molar-refractivity contribution is 4.80. The second-order valence-electron chi connectivity index (χ2n) is 4.96. The van der Waals surface area contributed by atoms with E-state index in [2.05, 4.69) is 12.2 Å². The van der Waals surface area contributed by atoms with Gasteiger partial charge in [0.1, 0.15) is 0 Å². The topological polar surface area (TPSA) is 21.3 Å². The highest BCUT2D eigenvalue weighted by atomic mass is 16.5. The van der Waals surface area contributed by atoms with Crippen LogP contribution in [0.25, 0.3) is 0 Å². The molecule has 0 aromatic heterocycles. The van der Waals surface area contributed by atoms with E-state index in [1.165, 1.54) is 57.8 Å². The maximum Gasteiger partial charge on any atom is 0.0478 e. The maximum absolute atomic E-state index is 5.60. The molecule has 0 spiro atoms. The summed E-state index contributed by atoms with van der Waals surface area (Å²) in [6.45, 7) is 5.31. The summed E-state index contributed by atoms with van der Waals surface area (Å²) in [6.07, 6.45) is 12.1. The van der Waals surface area contributed by atoms with E-state index >= 15 is 0 Å². The van der Waals surface area contributed by atoms with E-state index in [0.717, 1.165) is 25.8 Å². The van der Waals surface area contributed by atoms with Crippen molar-refractivity contribution in [3.05, 3.63) is 0 Å². The molecule has 0 saturated heterocycles. The summed E-state index contributed by atoms with van der Waals surface area (Å²) in [6, 6.07) is 0.846. The van der Waals surface area contributed by atoms with Crippen LogP contribution in [0.2, 0.25) is 0 Å². The van der Waals surface area contributed by atoms with E-state index in [-0.39, 0.29) is 0 Å². The van der Waals surface area contributed by atoms with Crippen molar-refractivity contribution >= 4 is 0 Å². The van der Waals surface area contributed by atoms with Crippen molar-refractivity contribution in [2.24, 2.45) is 0 Å². The van der Waals surface area contributed by atoms with Crippen molar-refractivity contribution in [1.29, 1.82) is 0 Å². The third-order valence-corrected chi connectivity index (χ3v) is 3.12. The zero-order chi connectivity index (χ0) is 11.5. The van der Waals surface area contributed by atoms with Crippen LogP contribution in [0.5, 0.6) is 0 Å². The SMILES string of the molecule is CCCCCCCCOCCCNC1CC1. The summed E-state index contributed by atoms with van der Waals surface area (Å²) in [5.41, 5.74) is 0. The first-order chi connectivity index (χ1) is 7.93. The summed E-state index contributed by atoms with van der Waals surface area (Å²) in [5, 5.41) is 3.50. The summed E-state index contributed by atoms with van der Waals surface area (Å²) in [5.74, 6) is 0. The summed E-state index contributed by atoms with van der Waals surface area (Å²) >= 11 is 0. The highest BCUT2D eigenvalue weighted by Gasteiger charge is 2.19. The van der Waals surface area contributed by atoms with Crippen molar-refractivity contribution in [3.8, 4) is 0 Å². The fourth-order valence-corrected chi connectivity index (χ4v) is 1.85. The minimum atomic E-state index is 0.846. The van der Waals surface area contributed by atoms with Crippen molar-refractivity contribution < 1.29 is 4.74 Å². The molecule has 0 amide bonds. The largest absolute Gasteiger partial charge is 0.381 e. The molecule has 0 unspecified atom stereocenters. The van der Waals surface area contributed by atoms with Crippen LogP contribution in [0.4, 0.5) is 0 Å². The molecule has 0 bridgehead atoms. The van der Waals surface area contributed by atoms with Gasteiger partial charge in [0.25, 0.3) is 0 Å². The first-order valence-corrected chi connectivity index (χ1v) is 7.24. The molecule has 2 heteroatoms. The van der Waals surface area contributed by atoms with E-state index in [0.29, 0.717) is 0 Å². The number of nitrogens with one attached hydrogen (secondary N) is 1. The number of hydrogen-bond donors (Lipinski definition) is 1. The second kappa shape index (κ2) is 10.1. The van der Waals surface area contributed by atoms with Crippen LogP contribution in [0.15, 0.2) is 0 Å². The lowest BCUT2D eigenvalue weighted by molar-refractivity contribution is 0.127. The zero-order valence-corrected chi connectivity index (χ0v) is 11.0. The Kier molecular flexibility index (Phi) is 8.83. The molecule has 0 atom stereocenters. The van der Waals surface area contributed by atoms with Gasteiger partial charge < -0.3 is 10.1 Å². The van der Waals surface area contributed by atoms with Crippen LogP contribution in [-0.2, 0) is 4.74 Å². The molecule has 0 radical (unpaired) electrons. The third-order valence-electron chi connectivity index (χ3n) is 3.12. The molecule has 0 aromatic carbocycles. The first-order valence-electron chi connectivity index (χ1n) is 7.24. The highest BCUT2D eigenvalue weighted by Crippen LogP contribution is 2.18. The van der Waals surface area contributed by atoms with Crippen molar-refractivity contribution in [1.82, 2.24) is 5.32 Å². The van der Waals surface area contributed by atoms with E-state index in [4.69, 9.17) is 4.74 Å². The van der Waals surface area contributed by atoms with E-state index in [1.54, 1.807) is 0 Å². The molecular weight excluding hydrogens is 198 g/mol. The minimum Gasteiger partial charge on any atom is -0.381 e. The van der Waals surface area contributed by atoms with Crippen LogP contribution in [0, 0.1) is 0 Å². The van der Waals surface area contributed by atoms with E-state index in [1.807, 2.05) is 0 Å². The van der Waals surface area contributed by atoms with E-state index < -0.39 is 0 Å². The third kappa shape index (κ3) is 9.17. The van der Waals surface area contributed by atoms with Gasteiger partial charge in [0.05, 0.1) is 0 Å². The molecule has 0 aromatic rings. The van der Waals surface area contributed by atoms with Crippen LogP contribution >= 0.6 is 0 Å². The molecule has 0 aliphatic heterocycles. The number of hydrogen-bond acceptors (Lipinski definition) is 2. The van der Waals surface area contributed by atoms with Gasteiger partial charge >= 0.3 is 0 Å². The maximum atomic E-state index is 5.60. The lowest BCUT2D eigenvalue weighted by atomic mass is 10.1. The molecule has 1 fully saturated rings. The number of ether oxygens (including phenoxy) is 1. The quantitative estimate of drug-likeness (QED) is 0.515. The van der Waals surface area contributed by atoms with Crippen LogP contribution in [-0.4, -0.2) is 25.8 Å². The fourth-order valence-electron chi connectivity index (χ4n) is 1.85. The van der Waals surface area contributed by atoms with Crippen LogP contribution < -0.4 is 5.32 Å². The molecule has 16 heavy (non-hydrogen) atoms. The Bertz CT molecular complexity index is 146. The molecule has 1 saturated carbocycles. The molecule has 1 rings (SSSR count). The van der Waals surface area contributed by atoms with Gasteiger partial charge in [-0.15, -0.1) is 0 Å². The Morgan fingerprint density at radius 3 is 2.38 bits per heavy atom. The molecule has 1 aliphatic carbocycles. The molecule has 96 valence electrons. The monoisotopic (exact) mass is 227 g/mol. The van der Waals surface area contributed by atoms with Gasteiger partial charge in [0.2, 0.25) is 0 Å². The second-order valence-corrected chi connectivity index (χ2v) is 4.96. The molecular formula is C14H29NO. The Hall–Kier alpha value is -0.0800. The first kappa shape index (κ1) is 14.0. The summed E-state index contributed by atoms with van der Waals surface area (Å²) in [4.78, 5) is 0. The predicted molar refractivity (Wildman–Crippen MR) is 69.8 cm³/mol. The lowest BCUT2D eigenvalue weighted by Gasteiger charge is -2.05. The van der Waals surface area contributed by atoms with Gasteiger partial charge in [-0.3, -0.25) is 0 Å². The van der Waals surface area contributed by atoms with Gasteiger partial charge in [-0.2, -0.15) is 0 Å². The fraction of sp³-hybridized carbons (Fsp3) is 1.00. The van der Waals surface area contributed by atoms with Crippen molar-refractivity contribution in [3.63, 3.8) is 0 Å². The normalized spacial score (nSPS) is 15.6. The van der Waals surface area contributed by atoms with Crippen molar-refractivity contribution in [2.75, 3.05) is 19.8 Å². The van der Waals surface area contributed by atoms with Crippen LogP contribution in [0.1, 0.15) is 64.7 Å². The molecule has 2 nitrogen and oxygen atoms in total. The average Bonchev–Trinajstić information content (AvgIpc) is 3.10. The smallest absolute Gasteiger partial charge is 0.0478 e. The molecule has 1 aliphatic rings. The van der Waals surface area contributed by atoms with E-state index in [9.17, 15) is 0 Å². The Morgan fingerprint density at radius 1 is 0.938 bits per heavy atom. The number of unbranched alkanes of at least 4 members (excludes halogenated alkanes) is 5. The standard InChI is InChI=1S/C14H29NO/c1-2-3-4-5-6-7-12-16-13-8-11-15-14-9-10-14/h14-15H,2-13H2,1H3. The van der Waals surface area contributed by atoms with Crippen LogP contribution in [0.3, 0.4) is 0 Å². The van der Waals surface area contributed by atoms with Gasteiger partial charge in [-0.1, -0.05) is 39.0 Å². The molecule has 1 N–H and O–H groups in total. The van der Waals surface area contributed by atoms with Gasteiger partial charge in [0, 0.05) is 19.3 Å². The predicted octanol–water partition coefficient (Wildman–Crippen LogP) is 3.51. The lowest BCUT2D eigenvalue weighted by Crippen LogP contribution is -2.18. The Morgan fingerprint density at radius 2 is 1.62 bits per heavy atom. The zero-order valence-electron chi connectivity index (χ0n) is 11.0. The van der Waals surface area contributed by atoms with Gasteiger partial charge in [-0.05, 0) is 32.2 Å². The van der Waals surface area contributed by atoms with Crippen molar-refractivity contribution in [2.45, 2.75) is 70.8 Å². The summed E-state index contributed by atoms with van der Waals surface area (Å²) < 4.78 is 5.60.